The van der Waals surface area contributed by atoms with E-state index in [4.69, 9.17) is 14.4 Å². The summed E-state index contributed by atoms with van der Waals surface area (Å²) in [6.45, 7) is 5.61. The van der Waals surface area contributed by atoms with Crippen molar-refractivity contribution in [1.29, 1.82) is 0 Å². The monoisotopic (exact) mass is 327 g/mol. The zero-order valence-corrected chi connectivity index (χ0v) is 13.9. The summed E-state index contributed by atoms with van der Waals surface area (Å²) in [7, 11) is -4.77. The first-order valence-corrected chi connectivity index (χ1v) is 8.72. The van der Waals surface area contributed by atoms with Gasteiger partial charge in [0.1, 0.15) is 0 Å². The standard InChI is InChI=1S/C14H22BNO5S/c1-13(2)14(3,10-7-11-17)21-15(20-13)16-22(18,19)12-8-5-4-6-9-12/h4-6,8-9,16-17H,7,10-11H2,1-3H3. The summed E-state index contributed by atoms with van der Waals surface area (Å²) in [6.07, 6.45) is 1.13. The molecule has 122 valence electrons. The fourth-order valence-electron chi connectivity index (χ4n) is 2.41. The highest BCUT2D eigenvalue weighted by Gasteiger charge is 2.55. The van der Waals surface area contributed by atoms with Crippen LogP contribution in [-0.4, -0.2) is 38.6 Å². The van der Waals surface area contributed by atoms with Gasteiger partial charge in [0.15, 0.2) is 0 Å². The Kier molecular flexibility index (Phi) is 4.98. The number of aliphatic hydroxyl groups excluding tert-OH is 1. The van der Waals surface area contributed by atoms with Gasteiger partial charge < -0.3 is 14.4 Å². The molecule has 1 aliphatic rings. The molecule has 0 aromatic heterocycles. The summed E-state index contributed by atoms with van der Waals surface area (Å²) < 4.78 is 38.6. The fraction of sp³-hybridized carbons (Fsp3) is 0.571. The first-order chi connectivity index (χ1) is 10.2. The van der Waals surface area contributed by atoms with Crippen LogP contribution < -0.4 is 4.63 Å². The molecule has 0 bridgehead atoms. The average molecular weight is 327 g/mol. The normalized spacial score (nSPS) is 24.6. The molecule has 6 nitrogen and oxygen atoms in total. The van der Waals surface area contributed by atoms with Crippen LogP contribution in [0, 0.1) is 0 Å². The first-order valence-electron chi connectivity index (χ1n) is 7.24. The van der Waals surface area contributed by atoms with E-state index < -0.39 is 28.5 Å². The summed E-state index contributed by atoms with van der Waals surface area (Å²) in [4.78, 5) is 0.156. The van der Waals surface area contributed by atoms with Gasteiger partial charge in [0.2, 0.25) is 10.0 Å². The minimum atomic E-state index is -3.71. The Bertz CT molecular complexity index is 607. The van der Waals surface area contributed by atoms with Gasteiger partial charge in [0, 0.05) is 6.61 Å². The van der Waals surface area contributed by atoms with Gasteiger partial charge in [0.05, 0.1) is 16.1 Å². The Balaban J connectivity index is 2.12. The molecule has 1 aliphatic heterocycles. The topological polar surface area (TPSA) is 84.9 Å². The molecule has 1 unspecified atom stereocenters. The van der Waals surface area contributed by atoms with E-state index in [0.29, 0.717) is 12.8 Å². The van der Waals surface area contributed by atoms with Crippen molar-refractivity contribution in [2.75, 3.05) is 6.61 Å². The number of hydrogen-bond donors (Lipinski definition) is 2. The van der Waals surface area contributed by atoms with Gasteiger partial charge in [-0.1, -0.05) is 18.2 Å². The highest BCUT2D eigenvalue weighted by atomic mass is 32.2. The zero-order chi connectivity index (χ0) is 16.4. The number of aliphatic hydroxyl groups is 1. The molecular formula is C14H22BNO5S. The minimum absolute atomic E-state index is 0.0510. The Labute approximate surface area is 132 Å². The molecule has 2 rings (SSSR count). The predicted molar refractivity (Wildman–Crippen MR) is 83.5 cm³/mol. The minimum Gasteiger partial charge on any atom is -0.396 e. The molecule has 1 atom stereocenters. The number of benzene rings is 1. The molecule has 2 N–H and O–H groups in total. The van der Waals surface area contributed by atoms with Crippen LogP contribution in [0.1, 0.15) is 33.6 Å². The van der Waals surface area contributed by atoms with E-state index in [9.17, 15) is 8.42 Å². The number of nitrogens with one attached hydrogen (secondary N) is 1. The largest absolute Gasteiger partial charge is 0.570 e. The van der Waals surface area contributed by atoms with E-state index in [-0.39, 0.29) is 11.5 Å². The SMILES string of the molecule is CC1(C)OB(NS(=O)(=O)c2ccccc2)OC1(C)CCCO. The van der Waals surface area contributed by atoms with Crippen LogP contribution in [0.3, 0.4) is 0 Å². The molecule has 1 aromatic rings. The molecule has 1 fully saturated rings. The predicted octanol–water partition coefficient (Wildman–Crippen LogP) is 1.31. The highest BCUT2D eigenvalue weighted by Crippen LogP contribution is 2.40. The molecule has 0 spiro atoms. The molecule has 1 aromatic carbocycles. The van der Waals surface area contributed by atoms with Crippen molar-refractivity contribution < 1.29 is 22.8 Å². The quantitative estimate of drug-likeness (QED) is 0.770. The third-order valence-corrected chi connectivity index (χ3v) is 5.55. The third kappa shape index (κ3) is 3.52. The van der Waals surface area contributed by atoms with Crippen molar-refractivity contribution in [3.05, 3.63) is 30.3 Å². The van der Waals surface area contributed by atoms with Gasteiger partial charge >= 0.3 is 7.25 Å². The summed E-state index contributed by atoms with van der Waals surface area (Å²) in [5, 5.41) is 9.00. The molecule has 0 saturated carbocycles. The smallest absolute Gasteiger partial charge is 0.396 e. The molecule has 1 saturated heterocycles. The second-order valence-electron chi connectivity index (χ2n) is 6.07. The maximum atomic E-state index is 12.3. The molecule has 0 amide bonds. The summed E-state index contributed by atoms with van der Waals surface area (Å²) >= 11 is 0. The second-order valence-corrected chi connectivity index (χ2v) is 7.78. The van der Waals surface area contributed by atoms with E-state index >= 15 is 0 Å². The average Bonchev–Trinajstić information content (AvgIpc) is 2.66. The van der Waals surface area contributed by atoms with Gasteiger partial charge in [-0.15, -0.1) is 0 Å². The van der Waals surface area contributed by atoms with Gasteiger partial charge in [-0.25, -0.2) is 8.42 Å². The van der Waals surface area contributed by atoms with Crippen LogP contribution in [0.5, 0.6) is 0 Å². The highest BCUT2D eigenvalue weighted by molar-refractivity contribution is 7.90. The molecule has 0 radical (unpaired) electrons. The van der Waals surface area contributed by atoms with Crippen molar-refractivity contribution in [2.45, 2.75) is 49.7 Å². The van der Waals surface area contributed by atoms with Crippen LogP contribution in [0.2, 0.25) is 0 Å². The van der Waals surface area contributed by atoms with Crippen molar-refractivity contribution >= 4 is 17.3 Å². The lowest BCUT2D eigenvalue weighted by atomic mass is 9.84. The van der Waals surface area contributed by atoms with Crippen molar-refractivity contribution in [2.24, 2.45) is 0 Å². The van der Waals surface area contributed by atoms with Gasteiger partial charge in [0.25, 0.3) is 0 Å². The molecule has 0 aliphatic carbocycles. The summed E-state index contributed by atoms with van der Waals surface area (Å²) in [5.41, 5.74) is -1.36. The maximum absolute atomic E-state index is 12.3. The summed E-state index contributed by atoms with van der Waals surface area (Å²) in [6, 6.07) is 8.07. The van der Waals surface area contributed by atoms with E-state index in [0.717, 1.165) is 0 Å². The van der Waals surface area contributed by atoms with Gasteiger partial charge in [-0.2, -0.15) is 4.63 Å². The molecule has 8 heteroatoms. The van der Waals surface area contributed by atoms with Gasteiger partial charge in [-0.05, 0) is 45.7 Å². The Morgan fingerprint density at radius 2 is 1.82 bits per heavy atom. The number of rotatable bonds is 6. The van der Waals surface area contributed by atoms with Crippen LogP contribution >= 0.6 is 0 Å². The lowest BCUT2D eigenvalue weighted by molar-refractivity contribution is -0.0193. The number of hydrogen-bond acceptors (Lipinski definition) is 5. The third-order valence-electron chi connectivity index (χ3n) is 4.16. The maximum Gasteiger partial charge on any atom is 0.570 e. The van der Waals surface area contributed by atoms with Crippen molar-refractivity contribution in [3.8, 4) is 0 Å². The van der Waals surface area contributed by atoms with Crippen LogP contribution in [0.25, 0.3) is 0 Å². The lowest BCUT2D eigenvalue weighted by Crippen LogP contribution is -2.44. The van der Waals surface area contributed by atoms with E-state index in [1.54, 1.807) is 18.2 Å². The molecule has 22 heavy (non-hydrogen) atoms. The lowest BCUT2D eigenvalue weighted by Gasteiger charge is -2.36. The van der Waals surface area contributed by atoms with Crippen LogP contribution in [0.4, 0.5) is 0 Å². The van der Waals surface area contributed by atoms with Crippen molar-refractivity contribution in [1.82, 2.24) is 4.63 Å². The van der Waals surface area contributed by atoms with E-state index in [1.165, 1.54) is 12.1 Å². The van der Waals surface area contributed by atoms with E-state index in [1.807, 2.05) is 20.8 Å². The van der Waals surface area contributed by atoms with Gasteiger partial charge in [-0.3, -0.25) is 0 Å². The first kappa shape index (κ1) is 17.4. The number of sulfonamides is 1. The van der Waals surface area contributed by atoms with Crippen molar-refractivity contribution in [3.63, 3.8) is 0 Å². The van der Waals surface area contributed by atoms with E-state index in [2.05, 4.69) is 4.63 Å². The zero-order valence-electron chi connectivity index (χ0n) is 13.1. The second kappa shape index (κ2) is 6.29. The Morgan fingerprint density at radius 1 is 1.18 bits per heavy atom. The van der Waals surface area contributed by atoms with Crippen LogP contribution in [0.15, 0.2) is 35.2 Å². The Morgan fingerprint density at radius 3 is 2.41 bits per heavy atom. The fourth-order valence-corrected chi connectivity index (χ4v) is 3.41. The summed E-state index contributed by atoms with van der Waals surface area (Å²) in [5.74, 6) is 0. The molecule has 1 heterocycles. The van der Waals surface area contributed by atoms with Crippen LogP contribution in [-0.2, 0) is 19.3 Å². The molecular weight excluding hydrogens is 305 g/mol. The Hall–Kier alpha value is -0.925.